The zero-order chi connectivity index (χ0) is 16.7. The van der Waals surface area contributed by atoms with Crippen LogP contribution in [-0.4, -0.2) is 34.2 Å². The molecule has 130 valence electrons. The molecule has 0 radical (unpaired) electrons. The lowest BCUT2D eigenvalue weighted by atomic mass is 9.97. The summed E-state index contributed by atoms with van der Waals surface area (Å²) < 4.78 is 33.4. The number of ether oxygens (including phenoxy) is 1. The third-order valence-electron chi connectivity index (χ3n) is 4.24. The second kappa shape index (κ2) is 8.66. The Morgan fingerprint density at radius 3 is 2.65 bits per heavy atom. The summed E-state index contributed by atoms with van der Waals surface area (Å²) in [7, 11) is -3.47. The molecule has 1 fully saturated rings. The number of benzene rings is 1. The van der Waals surface area contributed by atoms with Gasteiger partial charge in [-0.2, -0.15) is 0 Å². The molecule has 1 aliphatic rings. The Morgan fingerprint density at radius 2 is 2.00 bits per heavy atom. The highest BCUT2D eigenvalue weighted by molar-refractivity contribution is 7.89. The minimum atomic E-state index is -3.47. The lowest BCUT2D eigenvalue weighted by molar-refractivity contribution is 0.306. The summed E-state index contributed by atoms with van der Waals surface area (Å²) in [5.74, 6) is 1.01. The van der Waals surface area contributed by atoms with Crippen LogP contribution < -0.4 is 14.8 Å². The third-order valence-corrected chi connectivity index (χ3v) is 5.75. The summed E-state index contributed by atoms with van der Waals surface area (Å²) in [5.41, 5.74) is 0. The van der Waals surface area contributed by atoms with E-state index >= 15 is 0 Å². The molecule has 1 aromatic rings. The molecule has 0 aliphatic carbocycles. The summed E-state index contributed by atoms with van der Waals surface area (Å²) in [5, 5.41) is 3.27. The minimum Gasteiger partial charge on any atom is -0.494 e. The molecule has 1 saturated heterocycles. The predicted octanol–water partition coefficient (Wildman–Crippen LogP) is 2.53. The van der Waals surface area contributed by atoms with E-state index in [4.69, 9.17) is 4.74 Å². The molecule has 0 aromatic heterocycles. The molecule has 2 rings (SSSR count). The highest BCUT2D eigenvalue weighted by Gasteiger charge is 2.26. The zero-order valence-electron chi connectivity index (χ0n) is 14.0. The Hall–Kier alpha value is -1.11. The molecule has 2 unspecified atom stereocenters. The Kier molecular flexibility index (Phi) is 6.87. The van der Waals surface area contributed by atoms with Gasteiger partial charge in [-0.05, 0) is 56.1 Å². The van der Waals surface area contributed by atoms with Crippen LogP contribution >= 0.6 is 0 Å². The highest BCUT2D eigenvalue weighted by Crippen LogP contribution is 2.19. The van der Waals surface area contributed by atoms with E-state index in [0.717, 1.165) is 44.5 Å². The van der Waals surface area contributed by atoms with E-state index in [-0.39, 0.29) is 6.04 Å². The maximum atomic E-state index is 12.5. The zero-order valence-corrected chi connectivity index (χ0v) is 14.9. The van der Waals surface area contributed by atoms with Gasteiger partial charge < -0.3 is 10.1 Å². The van der Waals surface area contributed by atoms with Gasteiger partial charge in [0.1, 0.15) is 5.75 Å². The first-order valence-electron chi connectivity index (χ1n) is 8.49. The summed E-state index contributed by atoms with van der Waals surface area (Å²) in [4.78, 5) is 0.296. The van der Waals surface area contributed by atoms with E-state index in [0.29, 0.717) is 17.4 Å². The lowest BCUT2D eigenvalue weighted by Gasteiger charge is -2.29. The molecule has 6 heteroatoms. The number of hydrogen-bond donors (Lipinski definition) is 2. The van der Waals surface area contributed by atoms with E-state index in [1.54, 1.807) is 24.3 Å². The molecule has 0 bridgehead atoms. The molecule has 2 N–H and O–H groups in total. The quantitative estimate of drug-likeness (QED) is 0.714. The normalized spacial score (nSPS) is 22.0. The van der Waals surface area contributed by atoms with E-state index in [9.17, 15) is 8.42 Å². The number of rotatable bonds is 8. The van der Waals surface area contributed by atoms with Gasteiger partial charge in [0.25, 0.3) is 0 Å². The molecule has 5 nitrogen and oxygen atoms in total. The maximum absolute atomic E-state index is 12.5. The van der Waals surface area contributed by atoms with Gasteiger partial charge in [-0.3, -0.25) is 0 Å². The van der Waals surface area contributed by atoms with Gasteiger partial charge in [0, 0.05) is 6.04 Å². The van der Waals surface area contributed by atoms with Crippen LogP contribution in [0.5, 0.6) is 5.75 Å². The van der Waals surface area contributed by atoms with Crippen LogP contribution in [0.15, 0.2) is 29.2 Å². The van der Waals surface area contributed by atoms with Crippen LogP contribution in [0.1, 0.15) is 39.5 Å². The first-order valence-corrected chi connectivity index (χ1v) is 9.97. The van der Waals surface area contributed by atoms with Gasteiger partial charge in [-0.15, -0.1) is 0 Å². The second-order valence-corrected chi connectivity index (χ2v) is 7.94. The maximum Gasteiger partial charge on any atom is 0.240 e. The fourth-order valence-electron chi connectivity index (χ4n) is 2.71. The molecule has 0 amide bonds. The fraction of sp³-hybridized carbons (Fsp3) is 0.647. The van der Waals surface area contributed by atoms with Crippen molar-refractivity contribution in [2.45, 2.75) is 50.5 Å². The van der Waals surface area contributed by atoms with Crippen molar-refractivity contribution in [1.29, 1.82) is 0 Å². The molecule has 0 saturated carbocycles. The van der Waals surface area contributed by atoms with Gasteiger partial charge >= 0.3 is 0 Å². The summed E-state index contributed by atoms with van der Waals surface area (Å²) >= 11 is 0. The Morgan fingerprint density at radius 1 is 1.26 bits per heavy atom. The van der Waals surface area contributed by atoms with Crippen molar-refractivity contribution in [1.82, 2.24) is 10.0 Å². The van der Waals surface area contributed by atoms with E-state index in [1.165, 1.54) is 0 Å². The van der Waals surface area contributed by atoms with Gasteiger partial charge in [0.2, 0.25) is 10.0 Å². The smallest absolute Gasteiger partial charge is 0.240 e. The van der Waals surface area contributed by atoms with Gasteiger partial charge in [0.05, 0.1) is 11.5 Å². The predicted molar refractivity (Wildman–Crippen MR) is 92.2 cm³/mol. The van der Waals surface area contributed by atoms with Crippen molar-refractivity contribution >= 4 is 10.0 Å². The first-order chi connectivity index (χ1) is 11.0. The van der Waals surface area contributed by atoms with Crippen LogP contribution in [0, 0.1) is 5.92 Å². The summed E-state index contributed by atoms with van der Waals surface area (Å²) in [6.45, 7) is 6.58. The first kappa shape index (κ1) is 18.2. The largest absolute Gasteiger partial charge is 0.494 e. The average molecular weight is 340 g/mol. The molecule has 1 aliphatic heterocycles. The van der Waals surface area contributed by atoms with Crippen molar-refractivity contribution in [2.75, 3.05) is 19.7 Å². The van der Waals surface area contributed by atoms with Crippen LogP contribution in [-0.2, 0) is 10.0 Å². The van der Waals surface area contributed by atoms with Crippen molar-refractivity contribution in [3.05, 3.63) is 24.3 Å². The number of hydrogen-bond acceptors (Lipinski definition) is 4. The van der Waals surface area contributed by atoms with Crippen LogP contribution in [0.25, 0.3) is 0 Å². The van der Waals surface area contributed by atoms with Crippen molar-refractivity contribution in [2.24, 2.45) is 5.92 Å². The molecule has 2 atom stereocenters. The topological polar surface area (TPSA) is 67.4 Å². The van der Waals surface area contributed by atoms with Gasteiger partial charge in [-0.25, -0.2) is 13.1 Å². The molecule has 1 aromatic carbocycles. The molecular formula is C17H28N2O3S. The van der Waals surface area contributed by atoms with Crippen LogP contribution in [0.2, 0.25) is 0 Å². The van der Waals surface area contributed by atoms with Gasteiger partial charge in [0.15, 0.2) is 0 Å². The fourth-order valence-corrected chi connectivity index (χ4v) is 4.09. The molecule has 0 spiro atoms. The second-order valence-electron chi connectivity index (χ2n) is 6.22. The van der Waals surface area contributed by atoms with E-state index in [2.05, 4.69) is 23.9 Å². The van der Waals surface area contributed by atoms with Crippen molar-refractivity contribution in [3.63, 3.8) is 0 Å². The number of sulfonamides is 1. The van der Waals surface area contributed by atoms with Crippen molar-refractivity contribution in [3.8, 4) is 5.75 Å². The summed E-state index contributed by atoms with van der Waals surface area (Å²) in [6.07, 6.45) is 4.14. The lowest BCUT2D eigenvalue weighted by Crippen LogP contribution is -2.48. The van der Waals surface area contributed by atoms with E-state index < -0.39 is 10.0 Å². The standard InChI is InChI=1S/C17H28N2O3S/c1-3-4-5-12-22-15-6-8-16(9-7-15)23(20,21)19-17-10-11-18-13-14(17)2/h6-9,14,17-19H,3-5,10-13H2,1-2H3. The third kappa shape index (κ3) is 5.48. The number of piperidine rings is 1. The average Bonchev–Trinajstić information content (AvgIpc) is 2.54. The van der Waals surface area contributed by atoms with E-state index in [1.807, 2.05) is 0 Å². The van der Waals surface area contributed by atoms with Crippen LogP contribution in [0.4, 0.5) is 0 Å². The van der Waals surface area contributed by atoms with Crippen LogP contribution in [0.3, 0.4) is 0 Å². The Bertz CT molecular complexity index is 572. The molecule has 23 heavy (non-hydrogen) atoms. The highest BCUT2D eigenvalue weighted by atomic mass is 32.2. The minimum absolute atomic E-state index is 0.00813. The molecule has 1 heterocycles. The number of unbranched alkanes of at least 4 members (excludes halogenated alkanes) is 2. The Balaban J connectivity index is 1.94. The Labute approximate surface area is 139 Å². The van der Waals surface area contributed by atoms with Crippen molar-refractivity contribution < 1.29 is 13.2 Å². The monoisotopic (exact) mass is 340 g/mol. The SMILES string of the molecule is CCCCCOc1ccc(S(=O)(=O)NC2CCNCC2C)cc1. The summed E-state index contributed by atoms with van der Waals surface area (Å²) in [6, 6.07) is 6.68. The van der Waals surface area contributed by atoms with Gasteiger partial charge in [-0.1, -0.05) is 26.7 Å². The number of nitrogens with one attached hydrogen (secondary N) is 2. The molecular weight excluding hydrogens is 312 g/mol.